The van der Waals surface area contributed by atoms with Gasteiger partial charge in [-0.3, -0.25) is 9.69 Å². The van der Waals surface area contributed by atoms with E-state index in [0.29, 0.717) is 19.7 Å². The van der Waals surface area contributed by atoms with Crippen molar-refractivity contribution < 1.29 is 14.6 Å². The van der Waals surface area contributed by atoms with E-state index in [0.717, 1.165) is 5.56 Å². The fourth-order valence-electron chi connectivity index (χ4n) is 2.24. The van der Waals surface area contributed by atoms with Gasteiger partial charge >= 0.3 is 5.97 Å². The number of nitrogens with zero attached hydrogens (tertiary/aromatic N) is 1. The lowest BCUT2D eigenvalue weighted by molar-refractivity contribution is -0.144. The van der Waals surface area contributed by atoms with Crippen LogP contribution in [0.2, 0.25) is 0 Å². The van der Waals surface area contributed by atoms with Crippen molar-refractivity contribution in [2.45, 2.75) is 12.5 Å². The van der Waals surface area contributed by atoms with Crippen molar-refractivity contribution >= 4 is 5.97 Å². The molecule has 1 aliphatic heterocycles. The van der Waals surface area contributed by atoms with Gasteiger partial charge in [-0.15, -0.1) is 0 Å². The lowest BCUT2D eigenvalue weighted by Gasteiger charge is -2.40. The summed E-state index contributed by atoms with van der Waals surface area (Å²) in [5, 5.41) is 8.82. The second-order valence-electron chi connectivity index (χ2n) is 4.55. The minimum absolute atomic E-state index is 0.0752. The van der Waals surface area contributed by atoms with Gasteiger partial charge in [0.2, 0.25) is 0 Å². The number of rotatable bonds is 3. The monoisotopic (exact) mass is 235 g/mol. The number of carboxylic acids is 1. The molecule has 92 valence electrons. The number of ether oxygens (including phenoxy) is 1. The highest BCUT2D eigenvalue weighted by molar-refractivity contribution is 5.69. The number of hydrogen-bond acceptors (Lipinski definition) is 3. The van der Waals surface area contributed by atoms with Crippen molar-refractivity contribution in [1.82, 2.24) is 4.90 Å². The van der Waals surface area contributed by atoms with Gasteiger partial charge in [0.25, 0.3) is 0 Å². The second-order valence-corrected chi connectivity index (χ2v) is 4.55. The average Bonchev–Trinajstić information content (AvgIpc) is 2.29. The zero-order valence-electron chi connectivity index (χ0n) is 9.93. The van der Waals surface area contributed by atoms with E-state index in [9.17, 15) is 4.79 Å². The zero-order chi connectivity index (χ0) is 12.3. The van der Waals surface area contributed by atoms with Crippen LogP contribution in [0.15, 0.2) is 30.3 Å². The number of morpholine rings is 1. The van der Waals surface area contributed by atoms with E-state index in [-0.39, 0.29) is 6.54 Å². The molecule has 1 saturated heterocycles. The van der Waals surface area contributed by atoms with Crippen molar-refractivity contribution in [3.63, 3.8) is 0 Å². The van der Waals surface area contributed by atoms with Crippen LogP contribution in [0.4, 0.5) is 0 Å². The van der Waals surface area contributed by atoms with Crippen LogP contribution >= 0.6 is 0 Å². The van der Waals surface area contributed by atoms with Crippen LogP contribution in [0, 0.1) is 0 Å². The van der Waals surface area contributed by atoms with Crippen LogP contribution < -0.4 is 0 Å². The van der Waals surface area contributed by atoms with E-state index in [1.807, 2.05) is 42.2 Å². The molecular formula is C13H17NO3. The van der Waals surface area contributed by atoms with Gasteiger partial charge in [-0.2, -0.15) is 0 Å². The molecule has 0 aromatic heterocycles. The summed E-state index contributed by atoms with van der Waals surface area (Å²) in [7, 11) is 0. The summed E-state index contributed by atoms with van der Waals surface area (Å²) in [4.78, 5) is 12.6. The van der Waals surface area contributed by atoms with Crippen LogP contribution in [0.5, 0.6) is 0 Å². The molecule has 1 aromatic rings. The molecule has 1 aromatic carbocycles. The van der Waals surface area contributed by atoms with Crippen LogP contribution in [0.25, 0.3) is 0 Å². The summed E-state index contributed by atoms with van der Waals surface area (Å²) in [6.07, 6.45) is 0. The lowest BCUT2D eigenvalue weighted by atomic mass is 9.94. The molecule has 1 atom stereocenters. The molecule has 2 rings (SSSR count). The minimum atomic E-state index is -0.790. The van der Waals surface area contributed by atoms with E-state index < -0.39 is 11.6 Å². The molecular weight excluding hydrogens is 218 g/mol. The van der Waals surface area contributed by atoms with Gasteiger partial charge in [-0.05, 0) is 12.5 Å². The Hall–Kier alpha value is -1.39. The van der Waals surface area contributed by atoms with Crippen molar-refractivity contribution in [1.29, 1.82) is 0 Å². The Morgan fingerprint density at radius 1 is 1.47 bits per heavy atom. The standard InChI is InChI=1S/C13H17NO3/c1-13(11-5-3-2-4-6-11)10-14(7-8-17-13)9-12(15)16/h2-6H,7-10H2,1H3,(H,15,16)/t13-/m0/s1. The first-order valence-electron chi connectivity index (χ1n) is 5.74. The van der Waals surface area contributed by atoms with Gasteiger partial charge in [-0.1, -0.05) is 30.3 Å². The number of carbonyl (C=O) groups is 1. The van der Waals surface area contributed by atoms with E-state index in [4.69, 9.17) is 9.84 Å². The van der Waals surface area contributed by atoms with E-state index >= 15 is 0 Å². The number of carboxylic acid groups (broad SMARTS) is 1. The third-order valence-corrected chi connectivity index (χ3v) is 3.10. The predicted molar refractivity (Wildman–Crippen MR) is 63.8 cm³/mol. The SMILES string of the molecule is C[C@@]1(c2ccccc2)CN(CC(=O)O)CCO1. The fraction of sp³-hybridized carbons (Fsp3) is 0.462. The van der Waals surface area contributed by atoms with Crippen molar-refractivity contribution in [2.75, 3.05) is 26.2 Å². The molecule has 1 fully saturated rings. The largest absolute Gasteiger partial charge is 0.480 e. The summed E-state index contributed by atoms with van der Waals surface area (Å²) >= 11 is 0. The molecule has 0 spiro atoms. The maximum absolute atomic E-state index is 10.7. The Morgan fingerprint density at radius 2 is 2.18 bits per heavy atom. The third-order valence-electron chi connectivity index (χ3n) is 3.10. The molecule has 1 aliphatic rings. The molecule has 0 bridgehead atoms. The number of hydrogen-bond donors (Lipinski definition) is 1. The first-order chi connectivity index (χ1) is 8.10. The van der Waals surface area contributed by atoms with Gasteiger partial charge < -0.3 is 9.84 Å². The normalized spacial score (nSPS) is 25.7. The topological polar surface area (TPSA) is 49.8 Å². The zero-order valence-corrected chi connectivity index (χ0v) is 9.93. The first-order valence-corrected chi connectivity index (χ1v) is 5.74. The summed E-state index contributed by atoms with van der Waals surface area (Å²) < 4.78 is 5.83. The lowest BCUT2D eigenvalue weighted by Crippen LogP contribution is -2.49. The predicted octanol–water partition coefficient (Wildman–Crippen LogP) is 1.32. The minimum Gasteiger partial charge on any atom is -0.480 e. The summed E-state index contributed by atoms with van der Waals surface area (Å²) in [6.45, 7) is 3.94. The van der Waals surface area contributed by atoms with E-state index in [1.54, 1.807) is 0 Å². The molecule has 17 heavy (non-hydrogen) atoms. The van der Waals surface area contributed by atoms with E-state index in [2.05, 4.69) is 0 Å². The van der Waals surface area contributed by atoms with Gasteiger partial charge in [0.05, 0.1) is 13.2 Å². The second kappa shape index (κ2) is 4.85. The molecule has 0 radical (unpaired) electrons. The Bertz CT molecular complexity index is 393. The highest BCUT2D eigenvalue weighted by atomic mass is 16.5. The number of benzene rings is 1. The van der Waals surface area contributed by atoms with Crippen LogP contribution in [0.1, 0.15) is 12.5 Å². The summed E-state index contributed by atoms with van der Waals surface area (Å²) in [6, 6.07) is 9.94. The first kappa shape index (κ1) is 12.1. The van der Waals surface area contributed by atoms with Crippen molar-refractivity contribution in [2.24, 2.45) is 0 Å². The summed E-state index contributed by atoms with van der Waals surface area (Å²) in [5.74, 6) is -0.790. The summed E-state index contributed by atoms with van der Waals surface area (Å²) in [5.41, 5.74) is 0.685. The maximum atomic E-state index is 10.7. The maximum Gasteiger partial charge on any atom is 0.317 e. The third kappa shape index (κ3) is 2.84. The molecule has 0 aliphatic carbocycles. The average molecular weight is 235 g/mol. The number of aliphatic carboxylic acids is 1. The Kier molecular flexibility index (Phi) is 3.45. The Labute approximate surface area is 101 Å². The Morgan fingerprint density at radius 3 is 2.82 bits per heavy atom. The van der Waals surface area contributed by atoms with Crippen molar-refractivity contribution in [3.05, 3.63) is 35.9 Å². The highest BCUT2D eigenvalue weighted by Crippen LogP contribution is 2.28. The van der Waals surface area contributed by atoms with Crippen LogP contribution in [0.3, 0.4) is 0 Å². The molecule has 1 N–H and O–H groups in total. The molecule has 0 unspecified atom stereocenters. The smallest absolute Gasteiger partial charge is 0.317 e. The van der Waals surface area contributed by atoms with Gasteiger partial charge in [-0.25, -0.2) is 0 Å². The quantitative estimate of drug-likeness (QED) is 0.858. The van der Waals surface area contributed by atoms with Crippen LogP contribution in [-0.2, 0) is 15.1 Å². The molecule has 0 amide bonds. The van der Waals surface area contributed by atoms with Gasteiger partial charge in [0, 0.05) is 13.1 Å². The molecule has 0 saturated carbocycles. The van der Waals surface area contributed by atoms with Crippen LogP contribution in [-0.4, -0.2) is 42.2 Å². The fourth-order valence-corrected chi connectivity index (χ4v) is 2.24. The van der Waals surface area contributed by atoms with Crippen molar-refractivity contribution in [3.8, 4) is 0 Å². The van der Waals surface area contributed by atoms with E-state index in [1.165, 1.54) is 0 Å². The molecule has 1 heterocycles. The molecule has 4 nitrogen and oxygen atoms in total. The molecule has 4 heteroatoms. The van der Waals surface area contributed by atoms with Gasteiger partial charge in [0.15, 0.2) is 0 Å². The Balaban J connectivity index is 2.12. The highest BCUT2D eigenvalue weighted by Gasteiger charge is 2.34. The van der Waals surface area contributed by atoms with Gasteiger partial charge in [0.1, 0.15) is 5.60 Å².